The Balaban J connectivity index is 3.47. The molecule has 0 bridgehead atoms. The van der Waals surface area contributed by atoms with E-state index < -0.39 is 29.2 Å². The summed E-state index contributed by atoms with van der Waals surface area (Å²) in [6, 6.07) is 3.26. The number of hydrogen-bond acceptors (Lipinski definition) is 5. The van der Waals surface area contributed by atoms with Gasteiger partial charge in [-0.1, -0.05) is 0 Å². The third-order valence-electron chi connectivity index (χ3n) is 2.09. The van der Waals surface area contributed by atoms with Crippen molar-refractivity contribution in [2.24, 2.45) is 0 Å². The number of halogens is 3. The Kier molecular flexibility index (Phi) is 4.69. The summed E-state index contributed by atoms with van der Waals surface area (Å²) >= 11 is 0. The smallest absolute Gasteiger partial charge is 0.462 e. The lowest BCUT2D eigenvalue weighted by Gasteiger charge is -2.14. The lowest BCUT2D eigenvalue weighted by molar-refractivity contribution is -0.274. The molecule has 8 heteroatoms. The molecule has 0 aliphatic carbocycles. The first-order valence-electron chi connectivity index (χ1n) is 5.28. The molecule has 0 unspecified atom stereocenters. The van der Waals surface area contributed by atoms with Crippen LogP contribution < -0.4 is 4.74 Å². The van der Waals surface area contributed by atoms with Crippen LogP contribution >= 0.6 is 0 Å². The second kappa shape index (κ2) is 6.06. The highest BCUT2D eigenvalue weighted by Gasteiger charge is 2.34. The van der Waals surface area contributed by atoms with Gasteiger partial charge in [-0.3, -0.25) is 4.79 Å². The molecule has 1 aromatic carbocycles. The van der Waals surface area contributed by atoms with Gasteiger partial charge in [-0.05, 0) is 19.1 Å². The van der Waals surface area contributed by atoms with E-state index in [2.05, 4.69) is 9.47 Å². The van der Waals surface area contributed by atoms with Crippen molar-refractivity contribution in [1.82, 2.24) is 0 Å². The van der Waals surface area contributed by atoms with E-state index in [4.69, 9.17) is 5.26 Å². The molecular formula is C12H8F3NO4. The van der Waals surface area contributed by atoms with Gasteiger partial charge in [-0.15, -0.1) is 13.2 Å². The Morgan fingerprint density at radius 3 is 2.55 bits per heavy atom. The van der Waals surface area contributed by atoms with Crippen LogP contribution in [0.1, 0.15) is 33.2 Å². The maximum absolute atomic E-state index is 12.3. The number of carbonyl (C=O) groups is 2. The summed E-state index contributed by atoms with van der Waals surface area (Å²) in [6.45, 7) is 1.36. The van der Waals surface area contributed by atoms with E-state index in [0.717, 1.165) is 6.07 Å². The molecule has 0 aliphatic heterocycles. The van der Waals surface area contributed by atoms with Gasteiger partial charge in [0.2, 0.25) is 0 Å². The van der Waals surface area contributed by atoms with Gasteiger partial charge in [-0.25, -0.2) is 4.79 Å². The van der Waals surface area contributed by atoms with Gasteiger partial charge in [0.15, 0.2) is 6.29 Å². The van der Waals surface area contributed by atoms with E-state index in [1.165, 1.54) is 6.92 Å². The van der Waals surface area contributed by atoms with Crippen LogP contribution in [0.15, 0.2) is 12.1 Å². The Labute approximate surface area is 111 Å². The van der Waals surface area contributed by atoms with Crippen molar-refractivity contribution in [3.05, 3.63) is 28.8 Å². The average molecular weight is 287 g/mol. The second-order valence-corrected chi connectivity index (χ2v) is 3.44. The average Bonchev–Trinajstić information content (AvgIpc) is 2.35. The third-order valence-corrected chi connectivity index (χ3v) is 2.09. The minimum absolute atomic E-state index is 0.0947. The molecule has 0 aromatic heterocycles. The van der Waals surface area contributed by atoms with E-state index in [0.29, 0.717) is 6.07 Å². The van der Waals surface area contributed by atoms with Crippen molar-refractivity contribution >= 4 is 12.3 Å². The zero-order valence-electron chi connectivity index (χ0n) is 10.2. The number of nitrogens with zero attached hydrogens (tertiary/aromatic N) is 1. The minimum atomic E-state index is -5.07. The van der Waals surface area contributed by atoms with E-state index in [-0.39, 0.29) is 18.5 Å². The van der Waals surface area contributed by atoms with Gasteiger partial charge >= 0.3 is 12.3 Å². The highest BCUT2D eigenvalue weighted by molar-refractivity contribution is 6.01. The number of aldehydes is 1. The van der Waals surface area contributed by atoms with Crippen molar-refractivity contribution in [2.45, 2.75) is 13.3 Å². The molecule has 0 radical (unpaired) electrons. The number of carbonyl (C=O) groups excluding carboxylic acids is 2. The summed E-state index contributed by atoms with van der Waals surface area (Å²) in [7, 11) is 0. The molecule has 0 heterocycles. The Bertz CT molecular complexity index is 575. The first-order valence-corrected chi connectivity index (χ1v) is 5.28. The zero-order valence-corrected chi connectivity index (χ0v) is 10.2. The molecule has 106 valence electrons. The van der Waals surface area contributed by atoms with Crippen LogP contribution in [0.25, 0.3) is 0 Å². The first-order chi connectivity index (χ1) is 9.32. The number of benzene rings is 1. The Morgan fingerprint density at radius 1 is 1.45 bits per heavy atom. The molecule has 0 amide bonds. The summed E-state index contributed by atoms with van der Waals surface area (Å²) in [5.41, 5.74) is -1.33. The molecule has 0 fully saturated rings. The van der Waals surface area contributed by atoms with Gasteiger partial charge in [0, 0.05) is 5.56 Å². The van der Waals surface area contributed by atoms with Crippen molar-refractivity contribution in [3.63, 3.8) is 0 Å². The van der Waals surface area contributed by atoms with E-state index in [9.17, 15) is 22.8 Å². The van der Waals surface area contributed by atoms with Crippen LogP contribution in [0.3, 0.4) is 0 Å². The van der Waals surface area contributed by atoms with Crippen molar-refractivity contribution < 1.29 is 32.2 Å². The number of hydrogen-bond donors (Lipinski definition) is 0. The topological polar surface area (TPSA) is 76.4 Å². The van der Waals surface area contributed by atoms with Crippen LogP contribution in [-0.4, -0.2) is 25.2 Å². The minimum Gasteiger partial charge on any atom is -0.462 e. The molecule has 0 spiro atoms. The SMILES string of the molecule is CCOC(=O)c1c(C=O)cc(C#N)cc1OC(F)(F)F. The summed E-state index contributed by atoms with van der Waals surface area (Å²) in [4.78, 5) is 22.5. The third kappa shape index (κ3) is 3.71. The molecule has 0 N–H and O–H groups in total. The zero-order chi connectivity index (χ0) is 15.3. The number of nitriles is 1. The first kappa shape index (κ1) is 15.5. The van der Waals surface area contributed by atoms with E-state index >= 15 is 0 Å². The van der Waals surface area contributed by atoms with Crippen molar-refractivity contribution in [3.8, 4) is 11.8 Å². The monoisotopic (exact) mass is 287 g/mol. The molecule has 1 rings (SSSR count). The van der Waals surface area contributed by atoms with Crippen LogP contribution in [-0.2, 0) is 4.74 Å². The summed E-state index contributed by atoms with van der Waals surface area (Å²) in [5.74, 6) is -2.09. The molecule has 0 atom stereocenters. The van der Waals surface area contributed by atoms with Crippen LogP contribution in [0.4, 0.5) is 13.2 Å². The molecule has 1 aromatic rings. The molecule has 0 saturated heterocycles. The number of rotatable bonds is 4. The van der Waals surface area contributed by atoms with Gasteiger partial charge in [-0.2, -0.15) is 5.26 Å². The lowest BCUT2D eigenvalue weighted by Crippen LogP contribution is -2.20. The summed E-state index contributed by atoms with van der Waals surface area (Å²) < 4.78 is 45.1. The number of esters is 1. The number of ether oxygens (including phenoxy) is 2. The molecular weight excluding hydrogens is 279 g/mol. The molecule has 0 aliphatic rings. The predicted molar refractivity (Wildman–Crippen MR) is 59.2 cm³/mol. The van der Waals surface area contributed by atoms with Gasteiger partial charge in [0.25, 0.3) is 0 Å². The predicted octanol–water partition coefficient (Wildman–Crippen LogP) is 2.45. The largest absolute Gasteiger partial charge is 0.573 e. The fourth-order valence-electron chi connectivity index (χ4n) is 1.42. The quantitative estimate of drug-likeness (QED) is 0.628. The molecule has 20 heavy (non-hydrogen) atoms. The molecule has 5 nitrogen and oxygen atoms in total. The summed E-state index contributed by atoms with van der Waals surface area (Å²) in [6.07, 6.45) is -4.92. The maximum Gasteiger partial charge on any atom is 0.573 e. The van der Waals surface area contributed by atoms with Crippen molar-refractivity contribution in [1.29, 1.82) is 5.26 Å². The normalized spacial score (nSPS) is 10.6. The molecule has 0 saturated carbocycles. The second-order valence-electron chi connectivity index (χ2n) is 3.44. The standard InChI is InChI=1S/C12H8F3NO4/c1-2-19-11(18)10-8(6-17)3-7(5-16)4-9(10)20-12(13,14)15/h3-4,6H,2H2,1H3. The van der Waals surface area contributed by atoms with Crippen LogP contribution in [0, 0.1) is 11.3 Å². The van der Waals surface area contributed by atoms with Crippen molar-refractivity contribution in [2.75, 3.05) is 6.61 Å². The lowest BCUT2D eigenvalue weighted by atomic mass is 10.0. The van der Waals surface area contributed by atoms with E-state index in [1.54, 1.807) is 6.07 Å². The van der Waals surface area contributed by atoms with Crippen LogP contribution in [0.2, 0.25) is 0 Å². The van der Waals surface area contributed by atoms with E-state index in [1.807, 2.05) is 0 Å². The van der Waals surface area contributed by atoms with Gasteiger partial charge in [0.1, 0.15) is 11.3 Å². The van der Waals surface area contributed by atoms with Crippen LogP contribution in [0.5, 0.6) is 5.75 Å². The Morgan fingerprint density at radius 2 is 2.10 bits per heavy atom. The maximum atomic E-state index is 12.3. The van der Waals surface area contributed by atoms with Gasteiger partial charge < -0.3 is 9.47 Å². The fraction of sp³-hybridized carbons (Fsp3) is 0.250. The Hall–Kier alpha value is -2.56. The number of alkyl halides is 3. The fourth-order valence-corrected chi connectivity index (χ4v) is 1.42. The highest BCUT2D eigenvalue weighted by atomic mass is 19.4. The summed E-state index contributed by atoms with van der Waals surface area (Å²) in [5, 5.41) is 8.69. The highest BCUT2D eigenvalue weighted by Crippen LogP contribution is 2.30. The van der Waals surface area contributed by atoms with Gasteiger partial charge in [0.05, 0.1) is 18.2 Å².